The van der Waals surface area contributed by atoms with Gasteiger partial charge in [-0.05, 0) is 24.8 Å². The summed E-state index contributed by atoms with van der Waals surface area (Å²) in [5, 5.41) is 4.88. The molecule has 0 saturated carbocycles. The van der Waals surface area contributed by atoms with Gasteiger partial charge in [0.1, 0.15) is 11.5 Å². The van der Waals surface area contributed by atoms with Crippen LogP contribution in [0.1, 0.15) is 53.9 Å². The molecule has 2 aromatic rings. The minimum absolute atomic E-state index is 0.100. The second-order valence-corrected chi connectivity index (χ2v) is 6.99. The highest BCUT2D eigenvalue weighted by molar-refractivity contribution is 7.09. The molecule has 1 aliphatic rings. The number of fused-ring (bicyclic) bond motifs is 1. The first-order valence-electron chi connectivity index (χ1n) is 8.27. The molecule has 24 heavy (non-hydrogen) atoms. The van der Waals surface area contributed by atoms with E-state index in [2.05, 4.69) is 10.3 Å². The molecule has 3 heterocycles. The van der Waals surface area contributed by atoms with Crippen LogP contribution >= 0.6 is 11.3 Å². The SMILES string of the molecule is CCCC(=O)N1CCn2cc(C(=O)NCc3cccs3)nc2C1C. The van der Waals surface area contributed by atoms with Crippen LogP contribution in [0.5, 0.6) is 0 Å². The Kier molecular flexibility index (Phi) is 4.99. The lowest BCUT2D eigenvalue weighted by Crippen LogP contribution is -2.40. The summed E-state index contributed by atoms with van der Waals surface area (Å²) >= 11 is 1.61. The highest BCUT2D eigenvalue weighted by atomic mass is 32.1. The number of thiophene rings is 1. The Morgan fingerprint density at radius 1 is 1.42 bits per heavy atom. The molecule has 0 fully saturated rings. The van der Waals surface area contributed by atoms with E-state index in [1.807, 2.05) is 40.8 Å². The van der Waals surface area contributed by atoms with E-state index in [0.717, 1.165) is 17.1 Å². The minimum atomic E-state index is -0.177. The van der Waals surface area contributed by atoms with E-state index in [1.165, 1.54) is 0 Å². The predicted molar refractivity (Wildman–Crippen MR) is 92.8 cm³/mol. The molecule has 1 unspecified atom stereocenters. The first kappa shape index (κ1) is 16.7. The number of aromatic nitrogens is 2. The molecule has 0 aliphatic carbocycles. The van der Waals surface area contributed by atoms with Gasteiger partial charge < -0.3 is 14.8 Å². The van der Waals surface area contributed by atoms with Crippen LogP contribution in [0, 0.1) is 0 Å². The van der Waals surface area contributed by atoms with Gasteiger partial charge in [-0.2, -0.15) is 0 Å². The average molecular weight is 346 g/mol. The summed E-state index contributed by atoms with van der Waals surface area (Å²) in [7, 11) is 0. The third-order valence-electron chi connectivity index (χ3n) is 4.25. The number of nitrogens with one attached hydrogen (secondary N) is 1. The molecule has 7 heteroatoms. The van der Waals surface area contributed by atoms with Gasteiger partial charge in [-0.3, -0.25) is 9.59 Å². The van der Waals surface area contributed by atoms with E-state index in [0.29, 0.717) is 31.7 Å². The smallest absolute Gasteiger partial charge is 0.271 e. The Morgan fingerprint density at radius 3 is 2.96 bits per heavy atom. The Labute approximate surface area is 145 Å². The standard InChI is InChI=1S/C17H22N4O2S/c1-3-5-15(22)21-8-7-20-11-14(19-16(20)12(21)2)17(23)18-10-13-6-4-9-24-13/h4,6,9,11-12H,3,5,7-8,10H2,1-2H3,(H,18,23). The molecule has 2 amide bonds. The van der Waals surface area contributed by atoms with Gasteiger partial charge >= 0.3 is 0 Å². The largest absolute Gasteiger partial charge is 0.346 e. The van der Waals surface area contributed by atoms with Crippen LogP contribution in [-0.4, -0.2) is 32.8 Å². The lowest BCUT2D eigenvalue weighted by Gasteiger charge is -2.33. The van der Waals surface area contributed by atoms with Crippen molar-refractivity contribution in [2.45, 2.75) is 45.8 Å². The predicted octanol–water partition coefficient (Wildman–Crippen LogP) is 2.58. The van der Waals surface area contributed by atoms with Gasteiger partial charge in [-0.25, -0.2) is 4.98 Å². The van der Waals surface area contributed by atoms with Crippen LogP contribution in [-0.2, 0) is 17.9 Å². The normalized spacial score (nSPS) is 16.8. The molecule has 0 radical (unpaired) electrons. The third-order valence-corrected chi connectivity index (χ3v) is 5.13. The molecule has 0 aromatic carbocycles. The minimum Gasteiger partial charge on any atom is -0.346 e. The third kappa shape index (κ3) is 3.36. The summed E-state index contributed by atoms with van der Waals surface area (Å²) in [6.45, 7) is 5.83. The monoisotopic (exact) mass is 346 g/mol. The van der Waals surface area contributed by atoms with Crippen molar-refractivity contribution in [2.24, 2.45) is 0 Å². The molecule has 128 valence electrons. The highest BCUT2D eigenvalue weighted by Crippen LogP contribution is 2.25. The van der Waals surface area contributed by atoms with Crippen molar-refractivity contribution in [1.82, 2.24) is 19.8 Å². The van der Waals surface area contributed by atoms with Crippen molar-refractivity contribution in [3.8, 4) is 0 Å². The summed E-state index contributed by atoms with van der Waals surface area (Å²) < 4.78 is 1.99. The Bertz CT molecular complexity index is 723. The second-order valence-electron chi connectivity index (χ2n) is 5.95. The number of hydrogen-bond acceptors (Lipinski definition) is 4. The van der Waals surface area contributed by atoms with Crippen LogP contribution in [0.2, 0.25) is 0 Å². The number of hydrogen-bond donors (Lipinski definition) is 1. The average Bonchev–Trinajstić information content (AvgIpc) is 3.23. The number of nitrogens with zero attached hydrogens (tertiary/aromatic N) is 3. The van der Waals surface area contributed by atoms with Crippen LogP contribution < -0.4 is 5.32 Å². The zero-order valence-corrected chi connectivity index (χ0v) is 14.8. The van der Waals surface area contributed by atoms with Crippen molar-refractivity contribution >= 4 is 23.2 Å². The Morgan fingerprint density at radius 2 is 2.25 bits per heavy atom. The summed E-state index contributed by atoms with van der Waals surface area (Å²) in [4.78, 5) is 32.0. The number of carbonyl (C=O) groups is 2. The maximum absolute atomic E-state index is 12.3. The zero-order valence-electron chi connectivity index (χ0n) is 14.0. The van der Waals surface area contributed by atoms with E-state index >= 15 is 0 Å². The molecule has 3 rings (SSSR count). The van der Waals surface area contributed by atoms with E-state index < -0.39 is 0 Å². The molecule has 0 spiro atoms. The lowest BCUT2D eigenvalue weighted by atomic mass is 10.2. The Hall–Kier alpha value is -2.15. The zero-order chi connectivity index (χ0) is 17.1. The van der Waals surface area contributed by atoms with Crippen molar-refractivity contribution in [2.75, 3.05) is 6.54 Å². The van der Waals surface area contributed by atoms with Gasteiger partial charge in [-0.15, -0.1) is 11.3 Å². The van der Waals surface area contributed by atoms with Crippen molar-refractivity contribution in [3.05, 3.63) is 40.1 Å². The van der Waals surface area contributed by atoms with Gasteiger partial charge in [0.05, 0.1) is 12.6 Å². The van der Waals surface area contributed by atoms with Crippen molar-refractivity contribution in [3.63, 3.8) is 0 Å². The van der Waals surface area contributed by atoms with Crippen LogP contribution in [0.4, 0.5) is 0 Å². The lowest BCUT2D eigenvalue weighted by molar-refractivity contribution is -0.134. The first-order valence-corrected chi connectivity index (χ1v) is 9.15. The molecule has 1 atom stereocenters. The summed E-state index contributed by atoms with van der Waals surface area (Å²) in [5.74, 6) is 0.763. The number of carbonyl (C=O) groups excluding carboxylic acids is 2. The fraction of sp³-hybridized carbons (Fsp3) is 0.471. The number of imidazole rings is 1. The second kappa shape index (κ2) is 7.17. The molecule has 1 aliphatic heterocycles. The molecular weight excluding hydrogens is 324 g/mol. The molecule has 6 nitrogen and oxygen atoms in total. The van der Waals surface area contributed by atoms with Crippen molar-refractivity contribution < 1.29 is 9.59 Å². The topological polar surface area (TPSA) is 67.2 Å². The van der Waals surface area contributed by atoms with Gasteiger partial charge in [0.15, 0.2) is 0 Å². The molecule has 1 N–H and O–H groups in total. The van der Waals surface area contributed by atoms with Crippen LogP contribution in [0.15, 0.2) is 23.7 Å². The van der Waals surface area contributed by atoms with E-state index in [-0.39, 0.29) is 17.9 Å². The molecular formula is C17H22N4O2S. The maximum Gasteiger partial charge on any atom is 0.271 e. The molecule has 0 saturated heterocycles. The van der Waals surface area contributed by atoms with Crippen LogP contribution in [0.25, 0.3) is 0 Å². The fourth-order valence-electron chi connectivity index (χ4n) is 2.97. The number of amides is 2. The van der Waals surface area contributed by atoms with Gasteiger partial charge in [0, 0.05) is 30.6 Å². The van der Waals surface area contributed by atoms with E-state index in [9.17, 15) is 9.59 Å². The molecule has 0 bridgehead atoms. The quantitative estimate of drug-likeness (QED) is 0.905. The number of rotatable bonds is 5. The summed E-state index contributed by atoms with van der Waals surface area (Å²) in [6.07, 6.45) is 3.18. The Balaban J connectivity index is 1.69. The first-order chi connectivity index (χ1) is 11.6. The van der Waals surface area contributed by atoms with Gasteiger partial charge in [-0.1, -0.05) is 13.0 Å². The van der Waals surface area contributed by atoms with Crippen molar-refractivity contribution in [1.29, 1.82) is 0 Å². The van der Waals surface area contributed by atoms with Crippen LogP contribution in [0.3, 0.4) is 0 Å². The summed E-state index contributed by atoms with van der Waals surface area (Å²) in [6, 6.07) is 3.85. The van der Waals surface area contributed by atoms with E-state index in [1.54, 1.807) is 17.5 Å². The van der Waals surface area contributed by atoms with E-state index in [4.69, 9.17) is 0 Å². The van der Waals surface area contributed by atoms with Gasteiger partial charge in [0.2, 0.25) is 5.91 Å². The van der Waals surface area contributed by atoms with Gasteiger partial charge in [0.25, 0.3) is 5.91 Å². The maximum atomic E-state index is 12.3. The summed E-state index contributed by atoms with van der Waals surface area (Å²) in [5.41, 5.74) is 0.415. The highest BCUT2D eigenvalue weighted by Gasteiger charge is 2.30. The fourth-order valence-corrected chi connectivity index (χ4v) is 3.61. The molecule has 2 aromatic heterocycles.